The fraction of sp³-hybridized carbons (Fsp3) is 0.364. The summed E-state index contributed by atoms with van der Waals surface area (Å²) in [6.07, 6.45) is 6.12. The summed E-state index contributed by atoms with van der Waals surface area (Å²) in [6.45, 7) is 2.66. The van der Waals surface area contributed by atoms with Crippen LogP contribution in [0.15, 0.2) is 48.8 Å². The molecule has 1 aliphatic rings. The first kappa shape index (κ1) is 18.7. The lowest BCUT2D eigenvalue weighted by Gasteiger charge is -2.22. The van der Waals surface area contributed by atoms with Crippen molar-refractivity contribution in [3.05, 3.63) is 65.5 Å². The van der Waals surface area contributed by atoms with Crippen LogP contribution in [-0.2, 0) is 33.8 Å². The van der Waals surface area contributed by atoms with E-state index in [2.05, 4.69) is 27.4 Å². The summed E-state index contributed by atoms with van der Waals surface area (Å²) in [5.41, 5.74) is 3.96. The standard InChI is InChI=1S/C22H25N3O3/c26-21(12-18-14-25-22-20(18)5-2-8-23-22)24-13-16-3-1-4-17(11-16)15-28-19-6-9-27-10-7-19/h1-5,8,11,14,19H,6-7,9-10,12-13,15H2,(H,23,25)(H,24,26). The average Bonchev–Trinajstić information content (AvgIpc) is 3.15. The van der Waals surface area contributed by atoms with Gasteiger partial charge in [0.15, 0.2) is 0 Å². The highest BCUT2D eigenvalue weighted by atomic mass is 16.5. The number of nitrogens with zero attached hydrogens (tertiary/aromatic N) is 1. The molecule has 0 spiro atoms. The van der Waals surface area contributed by atoms with Crippen molar-refractivity contribution in [2.45, 2.75) is 38.5 Å². The van der Waals surface area contributed by atoms with E-state index in [1.54, 1.807) is 6.20 Å². The van der Waals surface area contributed by atoms with E-state index in [1.165, 1.54) is 0 Å². The number of nitrogens with one attached hydrogen (secondary N) is 2. The van der Waals surface area contributed by atoms with Gasteiger partial charge in [-0.05, 0) is 41.7 Å². The van der Waals surface area contributed by atoms with Crippen LogP contribution in [0.4, 0.5) is 0 Å². The molecule has 6 nitrogen and oxygen atoms in total. The van der Waals surface area contributed by atoms with E-state index in [-0.39, 0.29) is 12.0 Å². The van der Waals surface area contributed by atoms with Crippen LogP contribution in [0.25, 0.3) is 11.0 Å². The number of carbonyl (C=O) groups is 1. The number of ether oxygens (including phenoxy) is 2. The van der Waals surface area contributed by atoms with Gasteiger partial charge in [-0.25, -0.2) is 4.98 Å². The summed E-state index contributed by atoms with van der Waals surface area (Å²) in [6, 6.07) is 12.0. The topological polar surface area (TPSA) is 76.2 Å². The molecule has 1 aliphatic heterocycles. The van der Waals surface area contributed by atoms with E-state index in [4.69, 9.17) is 9.47 Å². The SMILES string of the molecule is O=C(Cc1c[nH]c2ncccc12)NCc1cccc(COC2CCOCC2)c1. The van der Waals surface area contributed by atoms with Crippen molar-refractivity contribution < 1.29 is 14.3 Å². The Bertz CT molecular complexity index is 931. The number of carbonyl (C=O) groups excluding carboxylic acids is 1. The van der Waals surface area contributed by atoms with Crippen molar-refractivity contribution in [2.24, 2.45) is 0 Å². The number of fused-ring (bicyclic) bond motifs is 1. The van der Waals surface area contributed by atoms with E-state index < -0.39 is 0 Å². The molecule has 28 heavy (non-hydrogen) atoms. The van der Waals surface area contributed by atoms with Crippen LogP contribution in [0.5, 0.6) is 0 Å². The number of hydrogen-bond donors (Lipinski definition) is 2. The molecule has 0 saturated carbocycles. The van der Waals surface area contributed by atoms with Crippen LogP contribution in [0.3, 0.4) is 0 Å². The Hall–Kier alpha value is -2.70. The third-order valence-electron chi connectivity index (χ3n) is 5.02. The predicted molar refractivity (Wildman–Crippen MR) is 107 cm³/mol. The molecule has 1 saturated heterocycles. The molecule has 1 amide bonds. The Balaban J connectivity index is 1.28. The number of H-pyrrole nitrogens is 1. The zero-order valence-corrected chi connectivity index (χ0v) is 15.8. The van der Waals surface area contributed by atoms with Crippen LogP contribution in [0.1, 0.15) is 29.5 Å². The quantitative estimate of drug-likeness (QED) is 0.661. The Kier molecular flexibility index (Phi) is 5.99. The minimum absolute atomic E-state index is 0.00592. The Morgan fingerprint density at radius 1 is 1.21 bits per heavy atom. The lowest BCUT2D eigenvalue weighted by Crippen LogP contribution is -2.24. The maximum absolute atomic E-state index is 12.4. The van der Waals surface area contributed by atoms with Crippen molar-refractivity contribution in [3.63, 3.8) is 0 Å². The smallest absolute Gasteiger partial charge is 0.224 e. The van der Waals surface area contributed by atoms with Gasteiger partial charge in [0.1, 0.15) is 5.65 Å². The third kappa shape index (κ3) is 4.77. The molecule has 4 rings (SSSR count). The molecule has 0 unspecified atom stereocenters. The molecule has 0 bridgehead atoms. The highest BCUT2D eigenvalue weighted by Crippen LogP contribution is 2.16. The molecule has 6 heteroatoms. The molecule has 146 valence electrons. The van der Waals surface area contributed by atoms with E-state index >= 15 is 0 Å². The van der Waals surface area contributed by atoms with Gasteiger partial charge >= 0.3 is 0 Å². The van der Waals surface area contributed by atoms with Crippen molar-refractivity contribution in [1.82, 2.24) is 15.3 Å². The molecule has 1 aromatic carbocycles. The molecule has 2 N–H and O–H groups in total. The number of amides is 1. The minimum atomic E-state index is -0.00592. The zero-order valence-electron chi connectivity index (χ0n) is 15.8. The number of aromatic amines is 1. The van der Waals surface area contributed by atoms with Gasteiger partial charge < -0.3 is 19.8 Å². The summed E-state index contributed by atoms with van der Waals surface area (Å²) < 4.78 is 11.3. The average molecular weight is 379 g/mol. The summed E-state index contributed by atoms with van der Waals surface area (Å²) in [4.78, 5) is 19.7. The normalized spacial score (nSPS) is 15.0. The Labute approximate surface area is 164 Å². The van der Waals surface area contributed by atoms with Gasteiger partial charge in [0.2, 0.25) is 5.91 Å². The number of pyridine rings is 1. The fourth-order valence-electron chi connectivity index (χ4n) is 3.48. The van der Waals surface area contributed by atoms with Gasteiger partial charge in [0.25, 0.3) is 0 Å². The summed E-state index contributed by atoms with van der Waals surface area (Å²) in [5.74, 6) is -0.00592. The fourth-order valence-corrected chi connectivity index (χ4v) is 3.48. The Morgan fingerprint density at radius 3 is 2.96 bits per heavy atom. The van der Waals surface area contributed by atoms with Crippen molar-refractivity contribution >= 4 is 16.9 Å². The predicted octanol–water partition coefficient (Wildman–Crippen LogP) is 3.12. The number of benzene rings is 1. The third-order valence-corrected chi connectivity index (χ3v) is 5.02. The lowest BCUT2D eigenvalue weighted by atomic mass is 10.1. The largest absolute Gasteiger partial charge is 0.381 e. The highest BCUT2D eigenvalue weighted by Gasteiger charge is 2.14. The molecule has 0 radical (unpaired) electrons. The molecule has 0 atom stereocenters. The second-order valence-electron chi connectivity index (χ2n) is 7.11. The maximum Gasteiger partial charge on any atom is 0.224 e. The second-order valence-corrected chi connectivity index (χ2v) is 7.11. The minimum Gasteiger partial charge on any atom is -0.381 e. The van der Waals surface area contributed by atoms with E-state index in [0.717, 1.165) is 53.8 Å². The lowest BCUT2D eigenvalue weighted by molar-refractivity contribution is -0.120. The first-order chi connectivity index (χ1) is 13.8. The Morgan fingerprint density at radius 2 is 2.07 bits per heavy atom. The van der Waals surface area contributed by atoms with E-state index in [9.17, 15) is 4.79 Å². The van der Waals surface area contributed by atoms with Crippen molar-refractivity contribution in [1.29, 1.82) is 0 Å². The van der Waals surface area contributed by atoms with Gasteiger partial charge in [-0.3, -0.25) is 4.79 Å². The molecule has 3 heterocycles. The summed E-state index contributed by atoms with van der Waals surface area (Å²) in [7, 11) is 0. The highest BCUT2D eigenvalue weighted by molar-refractivity contribution is 5.87. The van der Waals surface area contributed by atoms with Gasteiger partial charge in [-0.15, -0.1) is 0 Å². The van der Waals surface area contributed by atoms with Crippen LogP contribution in [0.2, 0.25) is 0 Å². The maximum atomic E-state index is 12.4. The first-order valence-corrected chi connectivity index (χ1v) is 9.73. The second kappa shape index (κ2) is 8.99. The first-order valence-electron chi connectivity index (χ1n) is 9.73. The zero-order chi connectivity index (χ0) is 19.2. The van der Waals surface area contributed by atoms with Crippen molar-refractivity contribution in [2.75, 3.05) is 13.2 Å². The van der Waals surface area contributed by atoms with Gasteiger partial charge in [0.05, 0.1) is 19.1 Å². The molecule has 3 aromatic rings. The monoisotopic (exact) mass is 379 g/mol. The van der Waals surface area contributed by atoms with Gasteiger partial charge in [-0.2, -0.15) is 0 Å². The molecule has 0 aliphatic carbocycles. The number of rotatable bonds is 7. The van der Waals surface area contributed by atoms with Crippen LogP contribution in [-0.4, -0.2) is 35.2 Å². The molecule has 2 aromatic heterocycles. The van der Waals surface area contributed by atoms with Crippen LogP contribution in [0, 0.1) is 0 Å². The van der Waals surface area contributed by atoms with Crippen LogP contribution < -0.4 is 5.32 Å². The van der Waals surface area contributed by atoms with Gasteiger partial charge in [-0.1, -0.05) is 24.3 Å². The van der Waals surface area contributed by atoms with Crippen LogP contribution >= 0.6 is 0 Å². The summed E-state index contributed by atoms with van der Waals surface area (Å²) >= 11 is 0. The van der Waals surface area contributed by atoms with Gasteiger partial charge in [0, 0.05) is 37.5 Å². The van der Waals surface area contributed by atoms with Crippen molar-refractivity contribution in [3.8, 4) is 0 Å². The molecule has 1 fully saturated rings. The van der Waals surface area contributed by atoms with E-state index in [0.29, 0.717) is 19.6 Å². The number of hydrogen-bond acceptors (Lipinski definition) is 4. The molecular formula is C22H25N3O3. The van der Waals surface area contributed by atoms with E-state index in [1.807, 2.05) is 30.5 Å². The number of aromatic nitrogens is 2. The summed E-state index contributed by atoms with van der Waals surface area (Å²) in [5, 5.41) is 3.99. The molecular weight excluding hydrogens is 354 g/mol.